The summed E-state index contributed by atoms with van der Waals surface area (Å²) in [4.78, 5) is 23.1. The van der Waals surface area contributed by atoms with E-state index in [0.29, 0.717) is 40.1 Å². The number of halogens is 3. The lowest BCUT2D eigenvalue weighted by molar-refractivity contribution is -0.141. The lowest BCUT2D eigenvalue weighted by atomic mass is 10.1. The minimum atomic E-state index is -4.57. The summed E-state index contributed by atoms with van der Waals surface area (Å²) in [6, 6.07) is 4.00. The Hall–Kier alpha value is -2.99. The van der Waals surface area contributed by atoms with Crippen LogP contribution in [-0.2, 0) is 17.5 Å². The lowest BCUT2D eigenvalue weighted by Gasteiger charge is -2.35. The van der Waals surface area contributed by atoms with E-state index in [9.17, 15) is 18.0 Å². The van der Waals surface area contributed by atoms with Crippen LogP contribution in [0.25, 0.3) is 10.4 Å². The van der Waals surface area contributed by atoms with E-state index in [0.717, 1.165) is 12.3 Å². The quantitative estimate of drug-likeness (QED) is 0.587. The summed E-state index contributed by atoms with van der Waals surface area (Å²) in [5, 5.41) is 7.05. The molecule has 0 aliphatic carbocycles. The average molecular weight is 482 g/mol. The number of hydrogen-bond donors (Lipinski definition) is 1. The van der Waals surface area contributed by atoms with Gasteiger partial charge in [0.1, 0.15) is 11.5 Å². The molecule has 1 amide bonds. The molecule has 3 aromatic heterocycles. The first-order valence-electron chi connectivity index (χ1n) is 10.3. The third kappa shape index (κ3) is 5.33. The van der Waals surface area contributed by atoms with Gasteiger partial charge in [-0.05, 0) is 38.5 Å². The van der Waals surface area contributed by atoms with Crippen molar-refractivity contribution in [2.75, 3.05) is 18.0 Å². The monoisotopic (exact) mass is 481 g/mol. The molecule has 8 nitrogen and oxygen atoms in total. The maximum atomic E-state index is 13.2. The first-order chi connectivity index (χ1) is 15.6. The van der Waals surface area contributed by atoms with Crippen LogP contribution < -0.4 is 10.2 Å². The molecule has 1 fully saturated rings. The fraction of sp³-hybridized carbons (Fsp3) is 0.429. The van der Waals surface area contributed by atoms with E-state index >= 15 is 0 Å². The predicted octanol–water partition coefficient (Wildman–Crippen LogP) is 4.06. The van der Waals surface area contributed by atoms with Crippen LogP contribution >= 0.6 is 11.3 Å². The number of anilines is 1. The Morgan fingerprint density at radius 2 is 2.00 bits per heavy atom. The van der Waals surface area contributed by atoms with Crippen LogP contribution in [0.4, 0.5) is 18.3 Å². The van der Waals surface area contributed by atoms with Crippen molar-refractivity contribution in [3.05, 3.63) is 47.2 Å². The highest BCUT2D eigenvalue weighted by Gasteiger charge is 2.33. The van der Waals surface area contributed by atoms with E-state index < -0.39 is 17.8 Å². The van der Waals surface area contributed by atoms with Gasteiger partial charge in [-0.3, -0.25) is 9.78 Å². The summed E-state index contributed by atoms with van der Waals surface area (Å²) in [5.74, 6) is 0.0236. The van der Waals surface area contributed by atoms with E-state index in [1.807, 2.05) is 18.7 Å². The molecule has 4 rings (SSSR count). The average Bonchev–Trinajstić information content (AvgIpc) is 3.37. The van der Waals surface area contributed by atoms with Crippen molar-refractivity contribution in [3.63, 3.8) is 0 Å². The van der Waals surface area contributed by atoms with Crippen molar-refractivity contribution >= 4 is 22.4 Å². The molecular weight excluding hydrogens is 459 g/mol. The Morgan fingerprint density at radius 1 is 1.27 bits per heavy atom. The molecule has 2 atom stereocenters. The minimum Gasteiger partial charge on any atom is -0.372 e. The first kappa shape index (κ1) is 23.2. The van der Waals surface area contributed by atoms with Crippen molar-refractivity contribution in [2.45, 2.75) is 45.7 Å². The van der Waals surface area contributed by atoms with Gasteiger partial charge in [0.25, 0.3) is 5.91 Å². The number of aryl methyl sites for hydroxylation is 1. The van der Waals surface area contributed by atoms with Gasteiger partial charge in [-0.25, -0.2) is 4.98 Å². The van der Waals surface area contributed by atoms with Crippen LogP contribution in [0, 0.1) is 6.92 Å². The zero-order valence-corrected chi connectivity index (χ0v) is 19.0. The Balaban J connectivity index is 1.66. The fourth-order valence-corrected chi connectivity index (χ4v) is 4.71. The van der Waals surface area contributed by atoms with Crippen LogP contribution in [0.15, 0.2) is 28.9 Å². The second-order valence-corrected chi connectivity index (χ2v) is 8.85. The van der Waals surface area contributed by atoms with Crippen molar-refractivity contribution in [3.8, 4) is 10.4 Å². The number of amides is 1. The molecule has 176 valence electrons. The summed E-state index contributed by atoms with van der Waals surface area (Å²) in [7, 11) is 0. The van der Waals surface area contributed by atoms with Gasteiger partial charge in [-0.15, -0.1) is 0 Å². The van der Waals surface area contributed by atoms with Crippen LogP contribution in [0.5, 0.6) is 0 Å². The van der Waals surface area contributed by atoms with E-state index in [2.05, 4.69) is 20.4 Å². The molecule has 4 heterocycles. The number of hydrogen-bond acceptors (Lipinski definition) is 8. The van der Waals surface area contributed by atoms with E-state index in [-0.39, 0.29) is 24.4 Å². The number of morpholine rings is 1. The third-order valence-electron chi connectivity index (χ3n) is 4.97. The maximum absolute atomic E-state index is 13.2. The standard InChI is InChI=1S/C21H22F3N5O3S/c1-11-6-15(28-32-11)19(30)26-8-16-18(14-4-5-25-17(7-14)21(22,23)24)33-20(27-16)29-9-12(2)31-13(3)10-29/h4-7,12-13H,8-10H2,1-3H3,(H,26,30)/t12-,13+. The number of aromatic nitrogens is 3. The van der Waals surface area contributed by atoms with E-state index in [4.69, 9.17) is 9.26 Å². The zero-order chi connectivity index (χ0) is 23.8. The normalized spacial score (nSPS) is 19.0. The largest absolute Gasteiger partial charge is 0.433 e. The first-order valence-corrected chi connectivity index (χ1v) is 11.1. The predicted molar refractivity (Wildman–Crippen MR) is 115 cm³/mol. The molecule has 0 aromatic carbocycles. The number of nitrogens with one attached hydrogen (secondary N) is 1. The molecule has 0 bridgehead atoms. The molecule has 33 heavy (non-hydrogen) atoms. The fourth-order valence-electron chi connectivity index (χ4n) is 3.61. The maximum Gasteiger partial charge on any atom is 0.433 e. The van der Waals surface area contributed by atoms with Gasteiger partial charge >= 0.3 is 6.18 Å². The highest BCUT2D eigenvalue weighted by Crippen LogP contribution is 2.38. The van der Waals surface area contributed by atoms with Gasteiger partial charge in [0.15, 0.2) is 10.8 Å². The summed E-state index contributed by atoms with van der Waals surface area (Å²) in [5.41, 5.74) is -0.0909. The third-order valence-corrected chi connectivity index (χ3v) is 6.17. The molecule has 0 radical (unpaired) electrons. The minimum absolute atomic E-state index is 0.00962. The van der Waals surface area contributed by atoms with Crippen molar-refractivity contribution in [1.82, 2.24) is 20.4 Å². The Bertz CT molecular complexity index is 1140. The number of thiazole rings is 1. The Labute approximate surface area is 191 Å². The summed E-state index contributed by atoms with van der Waals surface area (Å²) >= 11 is 1.27. The molecule has 12 heteroatoms. The van der Waals surface area contributed by atoms with Crippen molar-refractivity contribution < 1.29 is 27.2 Å². The number of pyridine rings is 1. The molecule has 1 aliphatic heterocycles. The number of carbonyl (C=O) groups excluding carboxylic acids is 1. The summed E-state index contributed by atoms with van der Waals surface area (Å²) in [6.07, 6.45) is -3.48. The van der Waals surface area contributed by atoms with Crippen LogP contribution in [0.3, 0.4) is 0 Å². The smallest absolute Gasteiger partial charge is 0.372 e. The second-order valence-electron chi connectivity index (χ2n) is 7.87. The van der Waals surface area contributed by atoms with Gasteiger partial charge in [0.05, 0.1) is 29.3 Å². The van der Waals surface area contributed by atoms with E-state index in [1.165, 1.54) is 23.5 Å². The molecule has 1 N–H and O–H groups in total. The Kier molecular flexibility index (Phi) is 6.39. The number of rotatable bonds is 5. The van der Waals surface area contributed by atoms with Gasteiger partial charge in [-0.1, -0.05) is 16.5 Å². The molecule has 3 aromatic rings. The zero-order valence-electron chi connectivity index (χ0n) is 18.1. The number of nitrogens with zero attached hydrogens (tertiary/aromatic N) is 4. The van der Waals surface area contributed by atoms with Gasteiger partial charge in [0.2, 0.25) is 0 Å². The summed E-state index contributed by atoms with van der Waals surface area (Å²) < 4.78 is 50.4. The number of ether oxygens (including phenoxy) is 1. The van der Waals surface area contributed by atoms with E-state index in [1.54, 1.807) is 6.92 Å². The van der Waals surface area contributed by atoms with Crippen molar-refractivity contribution in [2.24, 2.45) is 0 Å². The lowest BCUT2D eigenvalue weighted by Crippen LogP contribution is -2.45. The molecule has 1 saturated heterocycles. The number of alkyl halides is 3. The molecule has 0 spiro atoms. The van der Waals surface area contributed by atoms with Gasteiger partial charge in [-0.2, -0.15) is 13.2 Å². The highest BCUT2D eigenvalue weighted by atomic mass is 32.1. The second kappa shape index (κ2) is 9.10. The molecule has 1 aliphatic rings. The molecular formula is C21H22F3N5O3S. The van der Waals surface area contributed by atoms with Crippen LogP contribution in [0.1, 0.15) is 41.5 Å². The highest BCUT2D eigenvalue weighted by molar-refractivity contribution is 7.19. The van der Waals surface area contributed by atoms with Crippen molar-refractivity contribution in [1.29, 1.82) is 0 Å². The number of carbonyl (C=O) groups is 1. The SMILES string of the molecule is Cc1cc(C(=O)NCc2nc(N3C[C@@H](C)O[C@@H](C)C3)sc2-c2ccnc(C(F)(F)F)c2)no1. The molecule has 0 unspecified atom stereocenters. The summed E-state index contributed by atoms with van der Waals surface area (Å²) in [6.45, 7) is 6.79. The molecule has 0 saturated carbocycles. The van der Waals surface area contributed by atoms with Crippen LogP contribution in [-0.4, -0.2) is 46.3 Å². The topological polar surface area (TPSA) is 93.4 Å². The van der Waals surface area contributed by atoms with Gasteiger partial charge < -0.3 is 19.5 Å². The Morgan fingerprint density at radius 3 is 2.64 bits per heavy atom. The van der Waals surface area contributed by atoms with Crippen LogP contribution in [0.2, 0.25) is 0 Å². The van der Waals surface area contributed by atoms with Gasteiger partial charge in [0, 0.05) is 25.4 Å².